The molecule has 0 saturated heterocycles. The van der Waals surface area contributed by atoms with Crippen molar-refractivity contribution in [3.63, 3.8) is 0 Å². The van der Waals surface area contributed by atoms with E-state index in [2.05, 4.69) is 9.44 Å². The van der Waals surface area contributed by atoms with Crippen LogP contribution in [0.15, 0.2) is 53.5 Å². The largest absolute Gasteiger partial charge is 0.760 e. The van der Waals surface area contributed by atoms with Crippen LogP contribution in [-0.4, -0.2) is 35.0 Å². The highest BCUT2D eigenvalue weighted by Crippen LogP contribution is 2.34. The van der Waals surface area contributed by atoms with Crippen LogP contribution in [0.1, 0.15) is 60.8 Å². The van der Waals surface area contributed by atoms with Gasteiger partial charge in [-0.25, -0.2) is 9.11 Å². The molecule has 3 aromatic rings. The summed E-state index contributed by atoms with van der Waals surface area (Å²) in [6.07, 6.45) is 1.57. The topological polar surface area (TPSA) is 126 Å². The molecule has 8 nitrogen and oxygen atoms in total. The van der Waals surface area contributed by atoms with Crippen molar-refractivity contribution < 1.29 is 22.5 Å². The van der Waals surface area contributed by atoms with Gasteiger partial charge in [0.2, 0.25) is 0 Å². The number of aromatic nitrogens is 1. The minimum Gasteiger partial charge on any atom is -0.760 e. The quantitative estimate of drug-likeness (QED) is 0.207. The molecule has 0 aliphatic heterocycles. The highest BCUT2D eigenvalue weighted by atomic mass is 35.5. The third-order valence-corrected chi connectivity index (χ3v) is 8.38. The number of aryl methyl sites for hydroxylation is 1. The van der Waals surface area contributed by atoms with Gasteiger partial charge in [0, 0.05) is 70.2 Å². The van der Waals surface area contributed by atoms with Gasteiger partial charge in [-0.3, -0.25) is 13.8 Å². The molecule has 12 heteroatoms. The summed E-state index contributed by atoms with van der Waals surface area (Å²) >= 11 is 1.99. The van der Waals surface area contributed by atoms with Crippen LogP contribution < -0.4 is 15.0 Å². The fourth-order valence-corrected chi connectivity index (χ4v) is 5.07. The van der Waals surface area contributed by atoms with E-state index in [0.717, 1.165) is 6.07 Å². The van der Waals surface area contributed by atoms with Crippen molar-refractivity contribution in [2.75, 3.05) is 6.54 Å². The normalized spacial score (nSPS) is 14.2. The zero-order valence-electron chi connectivity index (χ0n) is 22.2. The van der Waals surface area contributed by atoms with E-state index in [1.165, 1.54) is 28.8 Å². The van der Waals surface area contributed by atoms with Crippen molar-refractivity contribution in [2.45, 2.75) is 44.9 Å². The molecule has 1 aromatic heterocycles. The Morgan fingerprint density at radius 2 is 1.82 bits per heavy atom. The summed E-state index contributed by atoms with van der Waals surface area (Å²) in [5.41, 5.74) is 1.45. The number of hydrogen-bond acceptors (Lipinski definition) is 6. The molecule has 1 heterocycles. The standard InChI is InChI=1S/C27H31ClFN3O5S2/c1-16(31-38(35)27(2,3)4)20-14-25(33)32(5)15-23(20)21-12-18(10-11-30-39(36)37)24(29)13-22(21)26(34)17-6-8-19(28)9-7-17/h6-9,12-16,30-31H,10-11H2,1-5H3,(H,36,37)/p-1. The summed E-state index contributed by atoms with van der Waals surface area (Å²) in [6.45, 7) is 7.13. The third kappa shape index (κ3) is 7.85. The summed E-state index contributed by atoms with van der Waals surface area (Å²) in [5.74, 6) is -1.15. The van der Waals surface area contributed by atoms with Crippen molar-refractivity contribution in [3.8, 4) is 11.1 Å². The molecule has 0 saturated carbocycles. The van der Waals surface area contributed by atoms with Crippen LogP contribution in [0.4, 0.5) is 4.39 Å². The predicted molar refractivity (Wildman–Crippen MR) is 152 cm³/mol. The number of carbonyl (C=O) groups is 1. The Bertz CT molecular complexity index is 1440. The average molecular weight is 595 g/mol. The van der Waals surface area contributed by atoms with Crippen molar-refractivity contribution >= 4 is 40.0 Å². The maximum atomic E-state index is 15.3. The monoisotopic (exact) mass is 594 g/mol. The zero-order chi connectivity index (χ0) is 29.1. The number of benzene rings is 2. The lowest BCUT2D eigenvalue weighted by Gasteiger charge is -2.27. The molecule has 39 heavy (non-hydrogen) atoms. The summed E-state index contributed by atoms with van der Waals surface area (Å²) < 4.78 is 55.9. The molecule has 0 fully saturated rings. The van der Waals surface area contributed by atoms with Crippen LogP contribution in [0, 0.1) is 5.82 Å². The van der Waals surface area contributed by atoms with Crippen molar-refractivity contribution in [1.82, 2.24) is 14.0 Å². The maximum absolute atomic E-state index is 15.3. The molecule has 3 rings (SSSR count). The minimum absolute atomic E-state index is 0.0190. The van der Waals surface area contributed by atoms with E-state index >= 15 is 4.39 Å². The van der Waals surface area contributed by atoms with Gasteiger partial charge in [-0.2, -0.15) is 0 Å². The Kier molecular flexibility index (Phi) is 10.3. The molecule has 210 valence electrons. The van der Waals surface area contributed by atoms with Crippen molar-refractivity contribution in [1.29, 1.82) is 0 Å². The number of halogens is 2. The molecule has 3 unspecified atom stereocenters. The predicted octanol–water partition coefficient (Wildman–Crippen LogP) is 4.11. The number of rotatable bonds is 10. The van der Waals surface area contributed by atoms with E-state index in [1.54, 1.807) is 32.3 Å². The van der Waals surface area contributed by atoms with E-state index in [0.29, 0.717) is 21.7 Å². The minimum atomic E-state index is -2.52. The van der Waals surface area contributed by atoms with Gasteiger partial charge in [-0.1, -0.05) is 11.6 Å². The fourth-order valence-electron chi connectivity index (χ4n) is 3.87. The van der Waals surface area contributed by atoms with Crippen LogP contribution >= 0.6 is 11.6 Å². The summed E-state index contributed by atoms with van der Waals surface area (Å²) in [4.78, 5) is 26.3. The number of ketones is 1. The lowest BCUT2D eigenvalue weighted by molar-refractivity contribution is 0.103. The van der Waals surface area contributed by atoms with Crippen LogP contribution in [0.3, 0.4) is 0 Å². The van der Waals surface area contributed by atoms with Gasteiger partial charge in [0.15, 0.2) is 5.78 Å². The van der Waals surface area contributed by atoms with Crippen LogP contribution in [0.5, 0.6) is 0 Å². The van der Waals surface area contributed by atoms with Crippen molar-refractivity contribution in [2.24, 2.45) is 7.05 Å². The second-order valence-corrected chi connectivity index (χ2v) is 13.2. The average Bonchev–Trinajstić information content (AvgIpc) is 2.85. The van der Waals surface area contributed by atoms with E-state index in [9.17, 15) is 22.9 Å². The number of carbonyl (C=O) groups excluding carboxylic acids is 1. The van der Waals surface area contributed by atoms with Gasteiger partial charge in [-0.05, 0) is 87.2 Å². The van der Waals surface area contributed by atoms with E-state index in [-0.39, 0.29) is 35.2 Å². The lowest BCUT2D eigenvalue weighted by atomic mass is 9.88. The smallest absolute Gasteiger partial charge is 0.250 e. The highest BCUT2D eigenvalue weighted by Gasteiger charge is 2.30. The van der Waals surface area contributed by atoms with Gasteiger partial charge < -0.3 is 13.7 Å². The highest BCUT2D eigenvalue weighted by molar-refractivity contribution is 7.90. The second-order valence-electron chi connectivity index (χ2n) is 10.0. The molecule has 0 radical (unpaired) electrons. The summed E-state index contributed by atoms with van der Waals surface area (Å²) in [7, 11) is 1.56. The SMILES string of the molecule is CC(N[S+]([O-])C(C)(C)C)c1cc(=O)n(C)cc1-c1cc(CCNS(=O)[O-])c(F)cc1C(=O)c1ccc(Cl)cc1. The molecule has 3 atom stereocenters. The first-order chi connectivity index (χ1) is 18.2. The second kappa shape index (κ2) is 12.9. The molecule has 0 amide bonds. The third-order valence-electron chi connectivity index (χ3n) is 6.01. The van der Waals surface area contributed by atoms with Crippen LogP contribution in [0.2, 0.25) is 5.02 Å². The Balaban J connectivity index is 2.24. The molecule has 2 aromatic carbocycles. The molecular formula is C27H30ClFN3O5S2-. The van der Waals surface area contributed by atoms with Gasteiger partial charge in [0.1, 0.15) is 10.6 Å². The van der Waals surface area contributed by atoms with E-state index < -0.39 is 45.0 Å². The fraction of sp³-hybridized carbons (Fsp3) is 0.333. The Morgan fingerprint density at radius 1 is 1.18 bits per heavy atom. The number of nitrogens with zero attached hydrogens (tertiary/aromatic N) is 1. The molecule has 0 aliphatic carbocycles. The Morgan fingerprint density at radius 3 is 2.41 bits per heavy atom. The summed E-state index contributed by atoms with van der Waals surface area (Å²) in [6, 6.07) is 9.61. The molecular weight excluding hydrogens is 565 g/mol. The molecule has 0 aliphatic rings. The van der Waals surface area contributed by atoms with Gasteiger partial charge in [0.25, 0.3) is 5.56 Å². The van der Waals surface area contributed by atoms with Crippen LogP contribution in [0.25, 0.3) is 11.1 Å². The maximum Gasteiger partial charge on any atom is 0.250 e. The molecule has 0 bridgehead atoms. The van der Waals surface area contributed by atoms with E-state index in [1.807, 2.05) is 20.8 Å². The Hall–Kier alpha value is -2.38. The van der Waals surface area contributed by atoms with Crippen LogP contribution in [-0.2, 0) is 36.1 Å². The lowest BCUT2D eigenvalue weighted by Crippen LogP contribution is -2.41. The number of nitrogens with one attached hydrogen (secondary N) is 2. The number of pyridine rings is 1. The van der Waals surface area contributed by atoms with Gasteiger partial charge in [-0.15, -0.1) is 4.72 Å². The van der Waals surface area contributed by atoms with Gasteiger partial charge in [0.05, 0.1) is 6.04 Å². The zero-order valence-corrected chi connectivity index (χ0v) is 24.6. The van der Waals surface area contributed by atoms with Crippen molar-refractivity contribution in [3.05, 3.63) is 92.1 Å². The van der Waals surface area contributed by atoms with Gasteiger partial charge >= 0.3 is 0 Å². The number of hydrogen-bond donors (Lipinski definition) is 2. The first-order valence-electron chi connectivity index (χ1n) is 12.0. The first-order valence-corrected chi connectivity index (χ1v) is 14.6. The van der Waals surface area contributed by atoms with E-state index in [4.69, 9.17) is 11.6 Å². The Labute approximate surface area is 237 Å². The summed E-state index contributed by atoms with van der Waals surface area (Å²) in [5, 5.41) is 0.434. The molecule has 2 N–H and O–H groups in total. The first kappa shape index (κ1) is 31.2. The molecule has 0 spiro atoms.